The minimum Gasteiger partial charge on any atom is -0.495 e. The number of halogens is 1. The smallest absolute Gasteiger partial charge is 0.265 e. The molecular formula is C18H20ClNO3. The first-order valence-corrected chi connectivity index (χ1v) is 7.79. The molecule has 0 saturated carbocycles. The van der Waals surface area contributed by atoms with Gasteiger partial charge in [-0.3, -0.25) is 4.79 Å². The van der Waals surface area contributed by atoms with E-state index >= 15 is 0 Å². The van der Waals surface area contributed by atoms with Crippen molar-refractivity contribution in [1.82, 2.24) is 0 Å². The Hall–Kier alpha value is -2.20. The van der Waals surface area contributed by atoms with Crippen molar-refractivity contribution < 1.29 is 14.3 Å². The lowest BCUT2D eigenvalue weighted by Crippen LogP contribution is -2.32. The van der Waals surface area contributed by atoms with Gasteiger partial charge in [0.15, 0.2) is 6.10 Å². The van der Waals surface area contributed by atoms with Crippen LogP contribution in [0.5, 0.6) is 11.5 Å². The van der Waals surface area contributed by atoms with Crippen molar-refractivity contribution in [3.05, 3.63) is 53.1 Å². The molecule has 0 spiro atoms. The number of amides is 1. The summed E-state index contributed by atoms with van der Waals surface area (Å²) in [5.74, 6) is 1.06. The monoisotopic (exact) mass is 333 g/mol. The third kappa shape index (κ3) is 4.39. The van der Waals surface area contributed by atoms with Gasteiger partial charge in [0.2, 0.25) is 0 Å². The molecule has 0 saturated heterocycles. The molecule has 0 bridgehead atoms. The van der Waals surface area contributed by atoms with Gasteiger partial charge >= 0.3 is 0 Å². The minimum atomic E-state index is -0.572. The summed E-state index contributed by atoms with van der Waals surface area (Å²) in [6, 6.07) is 12.7. The highest BCUT2D eigenvalue weighted by Gasteiger charge is 2.19. The van der Waals surface area contributed by atoms with Crippen molar-refractivity contribution in [3.63, 3.8) is 0 Å². The van der Waals surface area contributed by atoms with Crippen molar-refractivity contribution in [2.24, 2.45) is 0 Å². The fraction of sp³-hybridized carbons (Fsp3) is 0.278. The first kappa shape index (κ1) is 17.2. The first-order valence-electron chi connectivity index (χ1n) is 7.41. The Bertz CT molecular complexity index is 688. The van der Waals surface area contributed by atoms with Crippen molar-refractivity contribution in [1.29, 1.82) is 0 Å². The summed E-state index contributed by atoms with van der Waals surface area (Å²) in [5.41, 5.74) is 1.60. The average molecular weight is 334 g/mol. The highest BCUT2D eigenvalue weighted by molar-refractivity contribution is 6.32. The molecule has 122 valence electrons. The van der Waals surface area contributed by atoms with Crippen LogP contribution in [0, 0.1) is 6.92 Å². The van der Waals surface area contributed by atoms with Gasteiger partial charge in [-0.15, -0.1) is 0 Å². The van der Waals surface area contributed by atoms with E-state index in [0.29, 0.717) is 28.6 Å². The molecule has 0 radical (unpaired) electrons. The minimum absolute atomic E-state index is 0.211. The van der Waals surface area contributed by atoms with E-state index < -0.39 is 6.10 Å². The average Bonchev–Trinajstić information content (AvgIpc) is 2.54. The number of methoxy groups -OCH3 is 1. The van der Waals surface area contributed by atoms with E-state index in [1.54, 1.807) is 25.3 Å². The van der Waals surface area contributed by atoms with Gasteiger partial charge in [-0.05, 0) is 43.2 Å². The first-order chi connectivity index (χ1) is 11.0. The molecule has 1 unspecified atom stereocenters. The third-order valence-corrected chi connectivity index (χ3v) is 3.74. The molecule has 0 aromatic heterocycles. The van der Waals surface area contributed by atoms with Gasteiger partial charge in [-0.1, -0.05) is 36.7 Å². The standard InChI is InChI=1S/C18H20ClNO3/c1-4-15(23-16-8-6-5-7-12(16)2)18(21)20-13-9-10-17(22-3)14(19)11-13/h5-11,15H,4H2,1-3H3,(H,20,21). The van der Waals surface area contributed by atoms with Crippen molar-refractivity contribution in [2.75, 3.05) is 12.4 Å². The van der Waals surface area contributed by atoms with E-state index in [-0.39, 0.29) is 5.91 Å². The molecule has 2 aromatic rings. The molecular weight excluding hydrogens is 314 g/mol. The van der Waals surface area contributed by atoms with Crippen LogP contribution in [0.2, 0.25) is 5.02 Å². The van der Waals surface area contributed by atoms with E-state index in [0.717, 1.165) is 5.56 Å². The topological polar surface area (TPSA) is 47.6 Å². The molecule has 0 fully saturated rings. The molecule has 1 amide bonds. The number of nitrogens with one attached hydrogen (secondary N) is 1. The van der Waals surface area contributed by atoms with Gasteiger partial charge in [0.05, 0.1) is 12.1 Å². The van der Waals surface area contributed by atoms with Crippen LogP contribution in [0.4, 0.5) is 5.69 Å². The second kappa shape index (κ2) is 7.88. The molecule has 2 aromatic carbocycles. The van der Waals surface area contributed by atoms with Gasteiger partial charge in [0, 0.05) is 5.69 Å². The number of hydrogen-bond acceptors (Lipinski definition) is 3. The number of anilines is 1. The van der Waals surface area contributed by atoms with Crippen LogP contribution in [-0.4, -0.2) is 19.1 Å². The number of benzene rings is 2. The van der Waals surface area contributed by atoms with Gasteiger partial charge in [0.1, 0.15) is 11.5 Å². The molecule has 0 heterocycles. The summed E-state index contributed by atoms with van der Waals surface area (Å²) in [6.07, 6.45) is -0.0127. The van der Waals surface area contributed by atoms with Crippen LogP contribution in [0.15, 0.2) is 42.5 Å². The van der Waals surface area contributed by atoms with Gasteiger partial charge in [-0.2, -0.15) is 0 Å². The van der Waals surface area contributed by atoms with Crippen molar-refractivity contribution in [3.8, 4) is 11.5 Å². The van der Waals surface area contributed by atoms with Gasteiger partial charge < -0.3 is 14.8 Å². The van der Waals surface area contributed by atoms with Crippen LogP contribution in [0.25, 0.3) is 0 Å². The summed E-state index contributed by atoms with van der Waals surface area (Å²) in [4.78, 5) is 12.4. The second-order valence-electron chi connectivity index (χ2n) is 5.12. The van der Waals surface area contributed by atoms with Crippen LogP contribution >= 0.6 is 11.6 Å². The Morgan fingerprint density at radius 1 is 1.22 bits per heavy atom. The molecule has 2 rings (SSSR count). The Kier molecular flexibility index (Phi) is 5.88. The Morgan fingerprint density at radius 2 is 1.96 bits per heavy atom. The largest absolute Gasteiger partial charge is 0.495 e. The number of para-hydroxylation sites is 1. The predicted molar refractivity (Wildman–Crippen MR) is 92.5 cm³/mol. The number of carbonyl (C=O) groups is 1. The van der Waals surface area contributed by atoms with Crippen LogP contribution in [-0.2, 0) is 4.79 Å². The normalized spacial score (nSPS) is 11.7. The molecule has 0 aliphatic carbocycles. The molecule has 0 aliphatic rings. The zero-order valence-corrected chi connectivity index (χ0v) is 14.2. The fourth-order valence-electron chi connectivity index (χ4n) is 2.13. The van der Waals surface area contributed by atoms with E-state index in [1.807, 2.05) is 38.1 Å². The maximum Gasteiger partial charge on any atom is 0.265 e. The molecule has 1 N–H and O–H groups in total. The van der Waals surface area contributed by atoms with E-state index in [1.165, 1.54) is 0 Å². The van der Waals surface area contributed by atoms with Crippen LogP contribution < -0.4 is 14.8 Å². The van der Waals surface area contributed by atoms with Crippen LogP contribution in [0.3, 0.4) is 0 Å². The molecule has 5 heteroatoms. The third-order valence-electron chi connectivity index (χ3n) is 3.45. The second-order valence-corrected chi connectivity index (χ2v) is 5.53. The highest BCUT2D eigenvalue weighted by Crippen LogP contribution is 2.27. The van der Waals surface area contributed by atoms with E-state index in [2.05, 4.69) is 5.32 Å². The molecule has 23 heavy (non-hydrogen) atoms. The molecule has 1 atom stereocenters. The predicted octanol–water partition coefficient (Wildman–Crippen LogP) is 4.45. The Morgan fingerprint density at radius 3 is 2.57 bits per heavy atom. The van der Waals surface area contributed by atoms with E-state index in [9.17, 15) is 4.79 Å². The SMILES string of the molecule is CCC(Oc1ccccc1C)C(=O)Nc1ccc(OC)c(Cl)c1. The van der Waals surface area contributed by atoms with Crippen LogP contribution in [0.1, 0.15) is 18.9 Å². The highest BCUT2D eigenvalue weighted by atomic mass is 35.5. The summed E-state index contributed by atoms with van der Waals surface area (Å²) in [7, 11) is 1.54. The Labute approximate surface area is 141 Å². The zero-order valence-electron chi connectivity index (χ0n) is 13.4. The number of aryl methyl sites for hydroxylation is 1. The summed E-state index contributed by atoms with van der Waals surface area (Å²) in [5, 5.41) is 3.26. The van der Waals surface area contributed by atoms with Gasteiger partial charge in [-0.25, -0.2) is 0 Å². The quantitative estimate of drug-likeness (QED) is 0.849. The number of ether oxygens (including phenoxy) is 2. The summed E-state index contributed by atoms with van der Waals surface area (Å²) in [6.45, 7) is 3.85. The number of hydrogen-bond donors (Lipinski definition) is 1. The lowest BCUT2D eigenvalue weighted by molar-refractivity contribution is -0.122. The van der Waals surface area contributed by atoms with E-state index in [4.69, 9.17) is 21.1 Å². The summed E-state index contributed by atoms with van der Waals surface area (Å²) >= 11 is 6.07. The van der Waals surface area contributed by atoms with Crippen molar-refractivity contribution in [2.45, 2.75) is 26.4 Å². The van der Waals surface area contributed by atoms with Gasteiger partial charge in [0.25, 0.3) is 5.91 Å². The molecule has 4 nitrogen and oxygen atoms in total. The molecule has 0 aliphatic heterocycles. The van der Waals surface area contributed by atoms with Crippen molar-refractivity contribution >= 4 is 23.2 Å². The Balaban J connectivity index is 2.08. The number of carbonyl (C=O) groups excluding carboxylic acids is 1. The maximum absolute atomic E-state index is 12.4. The fourth-order valence-corrected chi connectivity index (χ4v) is 2.39. The summed E-state index contributed by atoms with van der Waals surface area (Å²) < 4.78 is 10.9. The maximum atomic E-state index is 12.4. The lowest BCUT2D eigenvalue weighted by atomic mass is 10.2. The number of rotatable bonds is 6. The zero-order chi connectivity index (χ0) is 16.8. The lowest BCUT2D eigenvalue weighted by Gasteiger charge is -2.18.